The Labute approximate surface area is 132 Å². The van der Waals surface area contributed by atoms with Crippen LogP contribution in [0, 0.1) is 0 Å². The largest absolute Gasteiger partial charge is 0.399 e. The summed E-state index contributed by atoms with van der Waals surface area (Å²) in [6.07, 6.45) is 1.28. The van der Waals surface area contributed by atoms with E-state index in [0.29, 0.717) is 6.42 Å². The van der Waals surface area contributed by atoms with Gasteiger partial charge in [-0.25, -0.2) is 0 Å². The van der Waals surface area contributed by atoms with Crippen molar-refractivity contribution in [3.8, 4) is 0 Å². The molecule has 1 aliphatic rings. The predicted octanol–water partition coefficient (Wildman–Crippen LogP) is 3.55. The first-order valence-electron chi connectivity index (χ1n) is 6.99. The van der Waals surface area contributed by atoms with Crippen LogP contribution in [0.5, 0.6) is 0 Å². The molecule has 2 aromatic carbocycles. The van der Waals surface area contributed by atoms with Gasteiger partial charge in [-0.1, -0.05) is 28.1 Å². The lowest BCUT2D eigenvalue weighted by atomic mass is 10.1. The van der Waals surface area contributed by atoms with E-state index in [2.05, 4.69) is 22.9 Å². The minimum Gasteiger partial charge on any atom is -0.399 e. The van der Waals surface area contributed by atoms with Crippen LogP contribution in [0.3, 0.4) is 0 Å². The Morgan fingerprint density at radius 2 is 2.14 bits per heavy atom. The van der Waals surface area contributed by atoms with Crippen molar-refractivity contribution in [3.63, 3.8) is 0 Å². The molecule has 1 heterocycles. The summed E-state index contributed by atoms with van der Waals surface area (Å²) in [5, 5.41) is 0. The molecule has 3 nitrogen and oxygen atoms in total. The summed E-state index contributed by atoms with van der Waals surface area (Å²) in [5.74, 6) is 0.129. The Morgan fingerprint density at radius 1 is 1.33 bits per heavy atom. The third-order valence-electron chi connectivity index (χ3n) is 3.83. The molecule has 1 aliphatic heterocycles. The molecule has 0 radical (unpaired) electrons. The first-order valence-corrected chi connectivity index (χ1v) is 7.79. The summed E-state index contributed by atoms with van der Waals surface area (Å²) in [6.45, 7) is 2.08. The summed E-state index contributed by atoms with van der Waals surface area (Å²) >= 11 is 3.44. The molecule has 0 saturated heterocycles. The average molecular weight is 345 g/mol. The summed E-state index contributed by atoms with van der Waals surface area (Å²) in [6, 6.07) is 13.8. The highest BCUT2D eigenvalue weighted by Crippen LogP contribution is 2.34. The topological polar surface area (TPSA) is 46.3 Å². The fourth-order valence-electron chi connectivity index (χ4n) is 2.94. The van der Waals surface area contributed by atoms with E-state index in [4.69, 9.17) is 5.73 Å². The molecule has 21 heavy (non-hydrogen) atoms. The molecule has 1 amide bonds. The molecule has 0 spiro atoms. The molecule has 3 rings (SSSR count). The molecule has 0 bridgehead atoms. The van der Waals surface area contributed by atoms with Gasteiger partial charge in [0.15, 0.2) is 0 Å². The fraction of sp³-hybridized carbons (Fsp3) is 0.235. The quantitative estimate of drug-likeness (QED) is 0.846. The van der Waals surface area contributed by atoms with Gasteiger partial charge in [0.25, 0.3) is 0 Å². The lowest BCUT2D eigenvalue weighted by Gasteiger charge is -2.23. The zero-order valence-corrected chi connectivity index (χ0v) is 13.4. The second kappa shape index (κ2) is 5.53. The van der Waals surface area contributed by atoms with E-state index >= 15 is 0 Å². The third kappa shape index (κ3) is 2.81. The Morgan fingerprint density at radius 3 is 2.90 bits per heavy atom. The van der Waals surface area contributed by atoms with Crippen molar-refractivity contribution in [3.05, 3.63) is 58.1 Å². The second-order valence-corrected chi connectivity index (χ2v) is 6.43. The Bertz CT molecular complexity index is 699. The van der Waals surface area contributed by atoms with Crippen LogP contribution in [0.4, 0.5) is 11.4 Å². The van der Waals surface area contributed by atoms with E-state index in [-0.39, 0.29) is 11.9 Å². The van der Waals surface area contributed by atoms with Gasteiger partial charge in [0.2, 0.25) is 5.91 Å². The van der Waals surface area contributed by atoms with Crippen molar-refractivity contribution in [1.82, 2.24) is 0 Å². The molecule has 1 atom stereocenters. The van der Waals surface area contributed by atoms with Crippen LogP contribution in [0.2, 0.25) is 0 Å². The van der Waals surface area contributed by atoms with Gasteiger partial charge in [-0.15, -0.1) is 0 Å². The number of rotatable bonds is 2. The van der Waals surface area contributed by atoms with E-state index in [9.17, 15) is 4.79 Å². The molecule has 2 aromatic rings. The predicted molar refractivity (Wildman–Crippen MR) is 89.4 cm³/mol. The van der Waals surface area contributed by atoms with Crippen molar-refractivity contribution >= 4 is 33.2 Å². The number of fused-ring (bicyclic) bond motifs is 1. The number of nitrogens with two attached hydrogens (primary N) is 1. The smallest absolute Gasteiger partial charge is 0.231 e. The number of benzene rings is 2. The van der Waals surface area contributed by atoms with Gasteiger partial charge >= 0.3 is 0 Å². The number of hydrogen-bond acceptors (Lipinski definition) is 2. The number of carbonyl (C=O) groups excluding carboxylic acids is 1. The van der Waals surface area contributed by atoms with Gasteiger partial charge in [0, 0.05) is 21.9 Å². The van der Waals surface area contributed by atoms with Crippen molar-refractivity contribution < 1.29 is 4.79 Å². The lowest BCUT2D eigenvalue weighted by molar-refractivity contribution is -0.118. The van der Waals surface area contributed by atoms with Gasteiger partial charge in [-0.05, 0) is 54.8 Å². The highest BCUT2D eigenvalue weighted by molar-refractivity contribution is 9.10. The number of hydrogen-bond donors (Lipinski definition) is 1. The molecular formula is C17H17BrN2O. The summed E-state index contributed by atoms with van der Waals surface area (Å²) in [5.41, 5.74) is 9.75. The van der Waals surface area contributed by atoms with Crippen LogP contribution in [0.25, 0.3) is 0 Å². The monoisotopic (exact) mass is 344 g/mol. The number of amides is 1. The van der Waals surface area contributed by atoms with Gasteiger partial charge in [-0.2, -0.15) is 0 Å². The minimum atomic E-state index is 0.129. The molecule has 0 aromatic heterocycles. The molecule has 1 unspecified atom stereocenters. The van der Waals surface area contributed by atoms with Crippen molar-refractivity contribution in [2.24, 2.45) is 0 Å². The summed E-state index contributed by atoms with van der Waals surface area (Å²) in [4.78, 5) is 14.6. The van der Waals surface area contributed by atoms with Crippen molar-refractivity contribution in [1.29, 1.82) is 0 Å². The number of carbonyl (C=O) groups is 1. The average Bonchev–Trinajstić information content (AvgIpc) is 2.73. The normalized spacial score (nSPS) is 16.9. The van der Waals surface area contributed by atoms with Gasteiger partial charge in [-0.3, -0.25) is 4.79 Å². The Hall–Kier alpha value is -1.81. The maximum Gasteiger partial charge on any atom is 0.231 e. The second-order valence-electron chi connectivity index (χ2n) is 5.51. The SMILES string of the molecule is CC1Cc2cc(N)ccc2N1C(=O)Cc1cccc(Br)c1. The zero-order valence-electron chi connectivity index (χ0n) is 11.8. The van der Waals surface area contributed by atoms with Gasteiger partial charge in [0.1, 0.15) is 0 Å². The third-order valence-corrected chi connectivity index (χ3v) is 4.33. The number of nitrogens with zero attached hydrogens (tertiary/aromatic N) is 1. The highest BCUT2D eigenvalue weighted by Gasteiger charge is 2.30. The maximum atomic E-state index is 12.7. The van der Waals surface area contributed by atoms with Crippen molar-refractivity contribution in [2.45, 2.75) is 25.8 Å². The Kier molecular flexibility index (Phi) is 3.72. The van der Waals surface area contributed by atoms with Crippen LogP contribution in [0.15, 0.2) is 46.9 Å². The van der Waals surface area contributed by atoms with Crippen LogP contribution < -0.4 is 10.6 Å². The van der Waals surface area contributed by atoms with Crippen LogP contribution in [-0.2, 0) is 17.6 Å². The fourth-order valence-corrected chi connectivity index (χ4v) is 3.38. The maximum absolute atomic E-state index is 12.7. The van der Waals surface area contributed by atoms with E-state index in [0.717, 1.165) is 33.4 Å². The van der Waals surface area contributed by atoms with Gasteiger partial charge < -0.3 is 10.6 Å². The Balaban J connectivity index is 1.85. The van der Waals surface area contributed by atoms with E-state index < -0.39 is 0 Å². The van der Waals surface area contributed by atoms with Crippen molar-refractivity contribution in [2.75, 3.05) is 10.6 Å². The summed E-state index contributed by atoms with van der Waals surface area (Å²) < 4.78 is 0.996. The number of halogens is 1. The standard InChI is InChI=1S/C17H17BrN2O/c1-11-7-13-10-15(19)5-6-16(13)20(11)17(21)9-12-3-2-4-14(18)8-12/h2-6,8,10-11H,7,9,19H2,1H3. The van der Waals surface area contributed by atoms with Gasteiger partial charge in [0.05, 0.1) is 6.42 Å². The van der Waals surface area contributed by atoms with Crippen LogP contribution in [-0.4, -0.2) is 11.9 Å². The minimum absolute atomic E-state index is 0.129. The van der Waals surface area contributed by atoms with E-state index in [1.54, 1.807) is 0 Å². The zero-order chi connectivity index (χ0) is 15.0. The number of anilines is 2. The summed E-state index contributed by atoms with van der Waals surface area (Å²) in [7, 11) is 0. The van der Waals surface area contributed by atoms with E-state index in [1.807, 2.05) is 47.4 Å². The lowest BCUT2D eigenvalue weighted by Crippen LogP contribution is -2.36. The van der Waals surface area contributed by atoms with Crippen LogP contribution >= 0.6 is 15.9 Å². The van der Waals surface area contributed by atoms with E-state index in [1.165, 1.54) is 0 Å². The molecule has 108 valence electrons. The molecule has 4 heteroatoms. The first-order chi connectivity index (χ1) is 10.0. The first kappa shape index (κ1) is 14.1. The molecular weight excluding hydrogens is 328 g/mol. The molecule has 0 aliphatic carbocycles. The molecule has 0 saturated carbocycles. The highest BCUT2D eigenvalue weighted by atomic mass is 79.9. The number of nitrogen functional groups attached to an aromatic ring is 1. The van der Waals surface area contributed by atoms with Crippen LogP contribution in [0.1, 0.15) is 18.1 Å². The molecule has 2 N–H and O–H groups in total. The molecule has 0 fully saturated rings.